The zero-order valence-corrected chi connectivity index (χ0v) is 7.10. The second-order valence-corrected chi connectivity index (χ2v) is 3.16. The van der Waals surface area contributed by atoms with E-state index in [9.17, 15) is 4.79 Å². The largest absolute Gasteiger partial charge is 0.436 e. The maximum atomic E-state index is 10.8. The van der Waals surface area contributed by atoms with Crippen molar-refractivity contribution in [3.63, 3.8) is 0 Å². The number of nitrogens with one attached hydrogen (secondary N) is 1. The number of carbonyl (C=O) groups is 1. The lowest BCUT2D eigenvalue weighted by Gasteiger charge is -2.19. The third-order valence-electron chi connectivity index (χ3n) is 0.764. The zero-order valence-electron chi connectivity index (χ0n) is 7.10. The van der Waals surface area contributed by atoms with Gasteiger partial charge in [-0.15, -0.1) is 6.42 Å². The van der Waals surface area contributed by atoms with Crippen LogP contribution in [0.25, 0.3) is 0 Å². The quantitative estimate of drug-likeness (QED) is 0.577. The maximum Gasteiger partial charge on any atom is 0.408 e. The molecule has 3 nitrogen and oxygen atoms in total. The van der Waals surface area contributed by atoms with E-state index < -0.39 is 6.09 Å². The molecule has 0 aliphatic rings. The van der Waals surface area contributed by atoms with Crippen LogP contribution in [0.5, 0.6) is 0 Å². The van der Waals surface area contributed by atoms with Crippen LogP contribution in [0.4, 0.5) is 4.79 Å². The number of ether oxygens (including phenoxy) is 1. The van der Waals surface area contributed by atoms with Gasteiger partial charge in [0.2, 0.25) is 0 Å². The van der Waals surface area contributed by atoms with Crippen LogP contribution in [-0.2, 0) is 4.74 Å². The Morgan fingerprint density at radius 1 is 1.64 bits per heavy atom. The second-order valence-electron chi connectivity index (χ2n) is 3.16. The van der Waals surface area contributed by atoms with Gasteiger partial charge < -0.3 is 10.1 Å². The molecule has 0 aromatic heterocycles. The predicted octanol–water partition coefficient (Wildman–Crippen LogP) is 1.14. The minimum Gasteiger partial charge on any atom is -0.436 e. The summed E-state index contributed by atoms with van der Waals surface area (Å²) in [6.45, 7) is 5.61. The van der Waals surface area contributed by atoms with Crippen LogP contribution in [0.2, 0.25) is 0 Å². The van der Waals surface area contributed by atoms with E-state index in [1.54, 1.807) is 0 Å². The van der Waals surface area contributed by atoms with Gasteiger partial charge in [0.25, 0.3) is 0 Å². The summed E-state index contributed by atoms with van der Waals surface area (Å²) in [7, 11) is 0. The highest BCUT2D eigenvalue weighted by Gasteiger charge is 2.13. The number of hydrogen-bond donors (Lipinski definition) is 1. The Morgan fingerprint density at radius 3 is 2.55 bits per heavy atom. The van der Waals surface area contributed by atoms with Gasteiger partial charge in [0, 0.05) is 5.54 Å². The Morgan fingerprint density at radius 2 is 2.18 bits per heavy atom. The number of alkyl carbamates (subject to hydrolysis) is 1. The molecule has 0 unspecified atom stereocenters. The fourth-order valence-electron chi connectivity index (χ4n) is 0.449. The Bertz CT molecular complexity index is 174. The van der Waals surface area contributed by atoms with Crippen molar-refractivity contribution >= 4 is 6.09 Å². The van der Waals surface area contributed by atoms with Crippen molar-refractivity contribution in [3.8, 4) is 12.3 Å². The van der Waals surface area contributed by atoms with Gasteiger partial charge in [-0.25, -0.2) is 4.79 Å². The van der Waals surface area contributed by atoms with Gasteiger partial charge in [-0.2, -0.15) is 0 Å². The van der Waals surface area contributed by atoms with E-state index in [1.807, 2.05) is 20.8 Å². The van der Waals surface area contributed by atoms with E-state index in [4.69, 9.17) is 6.42 Å². The van der Waals surface area contributed by atoms with Gasteiger partial charge >= 0.3 is 6.09 Å². The van der Waals surface area contributed by atoms with Crippen molar-refractivity contribution < 1.29 is 9.53 Å². The summed E-state index contributed by atoms with van der Waals surface area (Å²) in [5, 5.41) is 2.60. The smallest absolute Gasteiger partial charge is 0.408 e. The lowest BCUT2D eigenvalue weighted by molar-refractivity contribution is 0.151. The Balaban J connectivity index is 3.64. The molecule has 0 heterocycles. The molecular formula is C8H13NO2. The Hall–Kier alpha value is -1.17. The molecule has 0 aromatic rings. The highest BCUT2D eigenvalue weighted by atomic mass is 16.5. The zero-order chi connectivity index (χ0) is 8.91. The standard InChI is InChI=1S/C8H13NO2/c1-5-6-11-7(10)9-8(2,3)4/h1H,6H2,2-4H3,(H,9,10). The molecule has 0 aliphatic heterocycles. The summed E-state index contributed by atoms with van der Waals surface area (Å²) in [6, 6.07) is 0. The molecule has 0 rings (SSSR count). The average molecular weight is 155 g/mol. The fraction of sp³-hybridized carbons (Fsp3) is 0.625. The number of rotatable bonds is 1. The first-order valence-electron chi connectivity index (χ1n) is 3.34. The van der Waals surface area contributed by atoms with Gasteiger partial charge in [-0.05, 0) is 20.8 Å². The van der Waals surface area contributed by atoms with E-state index in [0.29, 0.717) is 0 Å². The molecule has 0 aromatic carbocycles. The van der Waals surface area contributed by atoms with Crippen LogP contribution >= 0.6 is 0 Å². The monoisotopic (exact) mass is 155 g/mol. The molecule has 11 heavy (non-hydrogen) atoms. The van der Waals surface area contributed by atoms with Crippen LogP contribution in [0.15, 0.2) is 0 Å². The normalized spacial score (nSPS) is 10.0. The molecule has 0 saturated heterocycles. The predicted molar refractivity (Wildman–Crippen MR) is 43.1 cm³/mol. The van der Waals surface area contributed by atoms with Crippen LogP contribution in [0.3, 0.4) is 0 Å². The van der Waals surface area contributed by atoms with E-state index in [0.717, 1.165) is 0 Å². The summed E-state index contributed by atoms with van der Waals surface area (Å²) < 4.78 is 4.58. The van der Waals surface area contributed by atoms with E-state index in [2.05, 4.69) is 16.0 Å². The highest BCUT2D eigenvalue weighted by Crippen LogP contribution is 1.98. The number of hydrogen-bond acceptors (Lipinski definition) is 2. The Kier molecular flexibility index (Phi) is 3.46. The minimum absolute atomic E-state index is 0.0158. The summed E-state index contributed by atoms with van der Waals surface area (Å²) in [5.74, 6) is 2.20. The van der Waals surface area contributed by atoms with Crippen LogP contribution in [0.1, 0.15) is 20.8 Å². The highest BCUT2D eigenvalue weighted by molar-refractivity contribution is 5.68. The SMILES string of the molecule is C#CCOC(=O)NC(C)(C)C. The van der Waals surface area contributed by atoms with Crippen molar-refractivity contribution in [1.82, 2.24) is 5.32 Å². The third-order valence-corrected chi connectivity index (χ3v) is 0.764. The lowest BCUT2D eigenvalue weighted by Crippen LogP contribution is -2.40. The summed E-state index contributed by atoms with van der Waals surface area (Å²) >= 11 is 0. The van der Waals surface area contributed by atoms with Crippen molar-refractivity contribution in [3.05, 3.63) is 0 Å². The molecule has 0 atom stereocenters. The van der Waals surface area contributed by atoms with Crippen LogP contribution in [-0.4, -0.2) is 18.2 Å². The molecule has 1 amide bonds. The Labute approximate surface area is 67.1 Å². The summed E-state index contributed by atoms with van der Waals surface area (Å²) in [6.07, 6.45) is 4.41. The first-order valence-corrected chi connectivity index (χ1v) is 3.34. The van der Waals surface area contributed by atoms with Crippen molar-refractivity contribution in [2.24, 2.45) is 0 Å². The molecule has 1 N–H and O–H groups in total. The fourth-order valence-corrected chi connectivity index (χ4v) is 0.449. The first-order chi connectivity index (χ1) is 4.95. The second kappa shape index (κ2) is 3.87. The lowest BCUT2D eigenvalue weighted by atomic mass is 10.1. The van der Waals surface area contributed by atoms with Crippen molar-refractivity contribution in [2.45, 2.75) is 26.3 Å². The van der Waals surface area contributed by atoms with Gasteiger partial charge in [0.05, 0.1) is 0 Å². The number of carbonyl (C=O) groups excluding carboxylic acids is 1. The van der Waals surface area contributed by atoms with E-state index in [1.165, 1.54) is 0 Å². The van der Waals surface area contributed by atoms with Crippen molar-refractivity contribution in [2.75, 3.05) is 6.61 Å². The van der Waals surface area contributed by atoms with Crippen molar-refractivity contribution in [1.29, 1.82) is 0 Å². The number of amides is 1. The molecule has 0 spiro atoms. The van der Waals surface area contributed by atoms with E-state index >= 15 is 0 Å². The van der Waals surface area contributed by atoms with Gasteiger partial charge in [0.1, 0.15) is 0 Å². The average Bonchev–Trinajstić information content (AvgIpc) is 1.79. The van der Waals surface area contributed by atoms with Gasteiger partial charge in [-0.3, -0.25) is 0 Å². The van der Waals surface area contributed by atoms with Gasteiger partial charge in [0.15, 0.2) is 6.61 Å². The molecule has 0 aliphatic carbocycles. The molecule has 0 radical (unpaired) electrons. The molecule has 3 heteroatoms. The molecule has 62 valence electrons. The van der Waals surface area contributed by atoms with Gasteiger partial charge in [-0.1, -0.05) is 5.92 Å². The molecule has 0 saturated carbocycles. The minimum atomic E-state index is -0.476. The van der Waals surface area contributed by atoms with E-state index in [-0.39, 0.29) is 12.1 Å². The first kappa shape index (κ1) is 9.83. The molecular weight excluding hydrogens is 142 g/mol. The summed E-state index contributed by atoms with van der Waals surface area (Å²) in [4.78, 5) is 10.8. The topological polar surface area (TPSA) is 38.3 Å². The third kappa shape index (κ3) is 6.72. The van der Waals surface area contributed by atoms with Crippen LogP contribution < -0.4 is 5.32 Å². The maximum absolute atomic E-state index is 10.8. The summed E-state index contributed by atoms with van der Waals surface area (Å²) in [5.41, 5.74) is -0.272. The van der Waals surface area contributed by atoms with Crippen LogP contribution in [0, 0.1) is 12.3 Å². The molecule has 0 bridgehead atoms. The molecule has 0 fully saturated rings. The number of terminal acetylenes is 1.